The molecular weight excluding hydrogens is 212 g/mol. The lowest BCUT2D eigenvalue weighted by atomic mass is 10.3. The average Bonchev–Trinajstić information content (AvgIpc) is 2.29. The molecular formula is C10H14N2O2S. The molecule has 1 rings (SSSR count). The van der Waals surface area contributed by atoms with Gasteiger partial charge in [0.25, 0.3) is 0 Å². The van der Waals surface area contributed by atoms with Gasteiger partial charge in [0.15, 0.2) is 0 Å². The van der Waals surface area contributed by atoms with Gasteiger partial charge in [0.2, 0.25) is 5.91 Å². The Morgan fingerprint density at radius 1 is 1.53 bits per heavy atom. The average molecular weight is 226 g/mol. The Morgan fingerprint density at radius 3 is 2.93 bits per heavy atom. The lowest BCUT2D eigenvalue weighted by molar-refractivity contribution is -0.120. The maximum atomic E-state index is 10.9. The number of amides is 1. The molecule has 82 valence electrons. The van der Waals surface area contributed by atoms with Crippen LogP contribution in [0.4, 0.5) is 0 Å². The number of thioether (sulfide) groups is 1. The van der Waals surface area contributed by atoms with Gasteiger partial charge >= 0.3 is 0 Å². The molecule has 0 fully saturated rings. The van der Waals surface area contributed by atoms with Crippen LogP contribution >= 0.6 is 11.8 Å². The Kier molecular flexibility index (Phi) is 5.00. The van der Waals surface area contributed by atoms with Gasteiger partial charge in [-0.2, -0.15) is 0 Å². The highest BCUT2D eigenvalue weighted by Crippen LogP contribution is 2.28. The molecule has 0 saturated carbocycles. The minimum atomic E-state index is -0.155. The van der Waals surface area contributed by atoms with E-state index in [0.717, 1.165) is 10.6 Å². The fourth-order valence-corrected chi connectivity index (χ4v) is 2.04. The maximum Gasteiger partial charge on any atom is 0.234 e. The van der Waals surface area contributed by atoms with Gasteiger partial charge in [-0.05, 0) is 12.1 Å². The SMILES string of the molecule is COc1ccccc1SCCC(=O)NN. The molecule has 0 saturated heterocycles. The van der Waals surface area contributed by atoms with E-state index in [0.29, 0.717) is 12.2 Å². The summed E-state index contributed by atoms with van der Waals surface area (Å²) in [6.07, 6.45) is 0.402. The number of nitrogens with one attached hydrogen (secondary N) is 1. The third kappa shape index (κ3) is 3.81. The first kappa shape index (κ1) is 11.9. The number of carbonyl (C=O) groups excluding carboxylic acids is 1. The smallest absolute Gasteiger partial charge is 0.234 e. The number of hydrazine groups is 1. The third-order valence-corrected chi connectivity index (χ3v) is 2.87. The van der Waals surface area contributed by atoms with Gasteiger partial charge in [-0.3, -0.25) is 10.2 Å². The van der Waals surface area contributed by atoms with Crippen molar-refractivity contribution in [2.75, 3.05) is 12.9 Å². The largest absolute Gasteiger partial charge is 0.496 e. The van der Waals surface area contributed by atoms with Crippen molar-refractivity contribution in [1.29, 1.82) is 0 Å². The predicted octanol–water partition coefficient (Wildman–Crippen LogP) is 1.17. The van der Waals surface area contributed by atoms with Crippen molar-refractivity contribution < 1.29 is 9.53 Å². The van der Waals surface area contributed by atoms with Gasteiger partial charge < -0.3 is 4.74 Å². The Morgan fingerprint density at radius 2 is 2.27 bits per heavy atom. The van der Waals surface area contributed by atoms with Crippen molar-refractivity contribution >= 4 is 17.7 Å². The van der Waals surface area contributed by atoms with E-state index in [4.69, 9.17) is 10.6 Å². The third-order valence-electron chi connectivity index (χ3n) is 1.82. The van der Waals surface area contributed by atoms with E-state index < -0.39 is 0 Å². The number of nitrogens with two attached hydrogens (primary N) is 1. The van der Waals surface area contributed by atoms with Crippen LogP contribution in [0.1, 0.15) is 6.42 Å². The molecule has 4 nitrogen and oxygen atoms in total. The minimum absolute atomic E-state index is 0.155. The van der Waals surface area contributed by atoms with Crippen molar-refractivity contribution in [2.45, 2.75) is 11.3 Å². The van der Waals surface area contributed by atoms with Crippen LogP contribution in [-0.4, -0.2) is 18.8 Å². The van der Waals surface area contributed by atoms with Crippen LogP contribution in [-0.2, 0) is 4.79 Å². The number of methoxy groups -OCH3 is 1. The van der Waals surface area contributed by atoms with Gasteiger partial charge in [-0.15, -0.1) is 11.8 Å². The Labute approximate surface area is 93.1 Å². The normalized spacial score (nSPS) is 9.73. The number of rotatable bonds is 5. The second-order valence-corrected chi connectivity index (χ2v) is 3.95. The van der Waals surface area contributed by atoms with Crippen LogP contribution in [0.3, 0.4) is 0 Å². The van der Waals surface area contributed by atoms with Crippen LogP contribution in [0, 0.1) is 0 Å². The monoisotopic (exact) mass is 226 g/mol. The van der Waals surface area contributed by atoms with E-state index in [1.807, 2.05) is 24.3 Å². The first-order valence-electron chi connectivity index (χ1n) is 4.53. The Bertz CT molecular complexity index is 331. The first-order chi connectivity index (χ1) is 7.27. The van der Waals surface area contributed by atoms with Gasteiger partial charge in [-0.25, -0.2) is 5.84 Å². The highest BCUT2D eigenvalue weighted by atomic mass is 32.2. The highest BCUT2D eigenvalue weighted by Gasteiger charge is 2.03. The van der Waals surface area contributed by atoms with Crippen molar-refractivity contribution in [3.8, 4) is 5.75 Å². The first-order valence-corrected chi connectivity index (χ1v) is 5.51. The Balaban J connectivity index is 2.46. The molecule has 0 aliphatic heterocycles. The summed E-state index contributed by atoms with van der Waals surface area (Å²) >= 11 is 1.57. The minimum Gasteiger partial charge on any atom is -0.496 e. The zero-order chi connectivity index (χ0) is 11.1. The number of benzene rings is 1. The lowest BCUT2D eigenvalue weighted by Gasteiger charge is -2.06. The van der Waals surface area contributed by atoms with Crippen molar-refractivity contribution in [3.63, 3.8) is 0 Å². The molecule has 0 aliphatic rings. The number of carbonyl (C=O) groups is 1. The lowest BCUT2D eigenvalue weighted by Crippen LogP contribution is -2.30. The molecule has 15 heavy (non-hydrogen) atoms. The quantitative estimate of drug-likeness (QED) is 0.342. The fourth-order valence-electron chi connectivity index (χ4n) is 1.06. The summed E-state index contributed by atoms with van der Waals surface area (Å²) in [6.45, 7) is 0. The Hall–Kier alpha value is -1.20. The molecule has 3 N–H and O–H groups in total. The zero-order valence-electron chi connectivity index (χ0n) is 8.53. The second kappa shape index (κ2) is 6.31. The summed E-state index contributed by atoms with van der Waals surface area (Å²) in [4.78, 5) is 11.9. The second-order valence-electron chi connectivity index (χ2n) is 2.82. The molecule has 0 atom stereocenters. The molecule has 1 amide bonds. The van der Waals surface area contributed by atoms with E-state index >= 15 is 0 Å². The molecule has 0 spiro atoms. The van der Waals surface area contributed by atoms with E-state index in [2.05, 4.69) is 5.43 Å². The van der Waals surface area contributed by atoms with Crippen LogP contribution < -0.4 is 16.0 Å². The summed E-state index contributed by atoms with van der Waals surface area (Å²) in [7, 11) is 1.63. The van der Waals surface area contributed by atoms with E-state index in [-0.39, 0.29) is 5.91 Å². The summed E-state index contributed by atoms with van der Waals surface area (Å²) in [5, 5.41) is 0. The topological polar surface area (TPSA) is 64.3 Å². The van der Waals surface area contributed by atoms with Gasteiger partial charge in [0, 0.05) is 17.1 Å². The molecule has 0 unspecified atom stereocenters. The standard InChI is InChI=1S/C10H14N2O2S/c1-14-8-4-2-3-5-9(8)15-7-6-10(13)12-11/h2-5H,6-7,11H2,1H3,(H,12,13). The molecule has 1 aromatic rings. The van der Waals surface area contributed by atoms with Crippen LogP contribution in [0.5, 0.6) is 5.75 Å². The van der Waals surface area contributed by atoms with Crippen LogP contribution in [0.2, 0.25) is 0 Å². The molecule has 5 heteroatoms. The van der Waals surface area contributed by atoms with Crippen LogP contribution in [0.15, 0.2) is 29.2 Å². The van der Waals surface area contributed by atoms with Gasteiger partial charge in [0.05, 0.1) is 7.11 Å². The number of ether oxygens (including phenoxy) is 1. The molecule has 0 radical (unpaired) electrons. The number of hydrogen-bond acceptors (Lipinski definition) is 4. The summed E-state index contributed by atoms with van der Waals surface area (Å²) in [5.74, 6) is 6.33. The van der Waals surface area contributed by atoms with E-state index in [1.165, 1.54) is 0 Å². The van der Waals surface area contributed by atoms with Crippen molar-refractivity contribution in [2.24, 2.45) is 5.84 Å². The van der Waals surface area contributed by atoms with Gasteiger partial charge in [-0.1, -0.05) is 12.1 Å². The molecule has 0 heterocycles. The molecule has 0 aromatic heterocycles. The fraction of sp³-hybridized carbons (Fsp3) is 0.300. The summed E-state index contributed by atoms with van der Waals surface area (Å²) < 4.78 is 5.18. The summed E-state index contributed by atoms with van der Waals surface area (Å²) in [5.41, 5.74) is 2.10. The summed E-state index contributed by atoms with van der Waals surface area (Å²) in [6, 6.07) is 7.71. The molecule has 0 aliphatic carbocycles. The predicted molar refractivity (Wildman–Crippen MR) is 60.7 cm³/mol. The molecule has 1 aromatic carbocycles. The van der Waals surface area contributed by atoms with Crippen molar-refractivity contribution in [3.05, 3.63) is 24.3 Å². The van der Waals surface area contributed by atoms with Gasteiger partial charge in [0.1, 0.15) is 5.75 Å². The van der Waals surface area contributed by atoms with Crippen molar-refractivity contribution in [1.82, 2.24) is 5.43 Å². The molecule has 0 bridgehead atoms. The maximum absolute atomic E-state index is 10.9. The number of para-hydroxylation sites is 1. The van der Waals surface area contributed by atoms with E-state index in [1.54, 1.807) is 18.9 Å². The van der Waals surface area contributed by atoms with E-state index in [9.17, 15) is 4.79 Å². The van der Waals surface area contributed by atoms with Crippen LogP contribution in [0.25, 0.3) is 0 Å². The number of hydrogen-bond donors (Lipinski definition) is 2. The zero-order valence-corrected chi connectivity index (χ0v) is 9.34. The highest BCUT2D eigenvalue weighted by molar-refractivity contribution is 7.99.